The van der Waals surface area contributed by atoms with Crippen LogP contribution in [0.5, 0.6) is 0 Å². The first kappa shape index (κ1) is 17.0. The Morgan fingerprint density at radius 1 is 1.12 bits per heavy atom. The average molecular weight is 329 g/mol. The number of benzene rings is 1. The number of nitrogens with zero attached hydrogens (tertiary/aromatic N) is 3. The Hall–Kier alpha value is -1.88. The molecule has 5 nitrogen and oxygen atoms in total. The maximum absolute atomic E-state index is 13.2. The van der Waals surface area contributed by atoms with Crippen LogP contribution in [0.2, 0.25) is 0 Å². The van der Waals surface area contributed by atoms with E-state index in [9.17, 15) is 9.59 Å². The summed E-state index contributed by atoms with van der Waals surface area (Å²) in [5.41, 5.74) is 1.97. The highest BCUT2D eigenvalue weighted by Crippen LogP contribution is 2.33. The van der Waals surface area contributed by atoms with Crippen molar-refractivity contribution in [2.24, 2.45) is 0 Å². The standard InChI is InChI=1S/C19H27N3O2/c1-5-21-13(2)11-20(12-14(21)3)19(24)18-10-16-8-6-7-9-17(16)22(18)15(4)23/h6-9,13-14,18H,5,10-12H2,1-4H3/t13-,14+,18-/m0/s1. The summed E-state index contributed by atoms with van der Waals surface area (Å²) in [6.45, 7) is 10.5. The highest BCUT2D eigenvalue weighted by Gasteiger charge is 2.41. The second-order valence-corrected chi connectivity index (χ2v) is 7.01. The SMILES string of the molecule is CCN1[C@H](C)CN(C(=O)[C@@H]2Cc3ccccc3N2C(C)=O)C[C@@H]1C. The van der Waals surface area contributed by atoms with E-state index in [1.54, 1.807) is 11.8 Å². The first-order chi connectivity index (χ1) is 11.4. The zero-order chi connectivity index (χ0) is 17.4. The van der Waals surface area contributed by atoms with Gasteiger partial charge in [0.1, 0.15) is 6.04 Å². The molecule has 3 atom stereocenters. The molecule has 24 heavy (non-hydrogen) atoms. The molecule has 0 N–H and O–H groups in total. The van der Waals surface area contributed by atoms with Crippen LogP contribution in [0, 0.1) is 0 Å². The van der Waals surface area contributed by atoms with Gasteiger partial charge >= 0.3 is 0 Å². The van der Waals surface area contributed by atoms with Gasteiger partial charge in [-0.15, -0.1) is 0 Å². The number of anilines is 1. The van der Waals surface area contributed by atoms with Crippen LogP contribution >= 0.6 is 0 Å². The highest BCUT2D eigenvalue weighted by molar-refractivity contribution is 6.02. The molecule has 2 heterocycles. The second kappa shape index (κ2) is 6.55. The first-order valence-corrected chi connectivity index (χ1v) is 8.86. The van der Waals surface area contributed by atoms with Crippen molar-refractivity contribution in [2.75, 3.05) is 24.5 Å². The fourth-order valence-electron chi connectivity index (χ4n) is 4.34. The van der Waals surface area contributed by atoms with E-state index >= 15 is 0 Å². The number of hydrogen-bond donors (Lipinski definition) is 0. The molecule has 1 fully saturated rings. The lowest BCUT2D eigenvalue weighted by Crippen LogP contribution is -2.61. The molecule has 0 aliphatic carbocycles. The van der Waals surface area contributed by atoms with Crippen LogP contribution in [0.4, 0.5) is 5.69 Å². The maximum Gasteiger partial charge on any atom is 0.246 e. The average Bonchev–Trinajstić information content (AvgIpc) is 2.93. The van der Waals surface area contributed by atoms with E-state index in [2.05, 4.69) is 25.7 Å². The van der Waals surface area contributed by atoms with E-state index in [1.807, 2.05) is 29.2 Å². The molecule has 0 bridgehead atoms. The number of piperazine rings is 1. The van der Waals surface area contributed by atoms with Gasteiger partial charge in [0, 0.05) is 44.2 Å². The maximum atomic E-state index is 13.2. The lowest BCUT2D eigenvalue weighted by Gasteiger charge is -2.45. The van der Waals surface area contributed by atoms with Gasteiger partial charge in [0.05, 0.1) is 0 Å². The molecule has 1 aromatic rings. The summed E-state index contributed by atoms with van der Waals surface area (Å²) in [5, 5.41) is 0. The number of carbonyl (C=O) groups excluding carboxylic acids is 2. The third kappa shape index (κ3) is 2.81. The molecule has 0 spiro atoms. The molecule has 0 radical (unpaired) electrons. The Balaban J connectivity index is 1.82. The minimum absolute atomic E-state index is 0.0633. The van der Waals surface area contributed by atoms with Crippen molar-refractivity contribution in [2.45, 2.75) is 52.2 Å². The van der Waals surface area contributed by atoms with Crippen molar-refractivity contribution in [3.8, 4) is 0 Å². The normalized spacial score (nSPS) is 27.2. The van der Waals surface area contributed by atoms with Gasteiger partial charge in [-0.25, -0.2) is 0 Å². The summed E-state index contributed by atoms with van der Waals surface area (Å²) in [6.07, 6.45) is 0.616. The van der Waals surface area contributed by atoms with Gasteiger partial charge in [0.15, 0.2) is 0 Å². The molecule has 130 valence electrons. The van der Waals surface area contributed by atoms with Gasteiger partial charge in [-0.05, 0) is 32.0 Å². The molecule has 2 aliphatic heterocycles. The van der Waals surface area contributed by atoms with Crippen molar-refractivity contribution >= 4 is 17.5 Å². The minimum Gasteiger partial charge on any atom is -0.338 e. The number of para-hydroxylation sites is 1. The molecule has 2 amide bonds. The monoisotopic (exact) mass is 329 g/mol. The number of fused-ring (bicyclic) bond motifs is 1. The van der Waals surface area contributed by atoms with Crippen LogP contribution in [-0.2, 0) is 16.0 Å². The third-order valence-electron chi connectivity index (χ3n) is 5.38. The molecule has 5 heteroatoms. The molecule has 0 aromatic heterocycles. The van der Waals surface area contributed by atoms with Gasteiger partial charge in [0.2, 0.25) is 11.8 Å². The van der Waals surface area contributed by atoms with Crippen LogP contribution in [0.25, 0.3) is 0 Å². The van der Waals surface area contributed by atoms with Gasteiger partial charge in [-0.1, -0.05) is 25.1 Å². The number of carbonyl (C=O) groups is 2. The molecular weight excluding hydrogens is 302 g/mol. The van der Waals surface area contributed by atoms with Crippen molar-refractivity contribution in [3.63, 3.8) is 0 Å². The molecular formula is C19H27N3O2. The summed E-state index contributed by atoms with van der Waals surface area (Å²) >= 11 is 0. The van der Waals surface area contributed by atoms with Crippen molar-refractivity contribution in [1.82, 2.24) is 9.80 Å². The van der Waals surface area contributed by atoms with Crippen LogP contribution in [0.15, 0.2) is 24.3 Å². The van der Waals surface area contributed by atoms with E-state index < -0.39 is 6.04 Å². The van der Waals surface area contributed by atoms with E-state index in [-0.39, 0.29) is 11.8 Å². The molecule has 1 saturated heterocycles. The fourth-order valence-corrected chi connectivity index (χ4v) is 4.34. The van der Waals surface area contributed by atoms with Crippen molar-refractivity contribution in [1.29, 1.82) is 0 Å². The van der Waals surface area contributed by atoms with Crippen LogP contribution < -0.4 is 4.90 Å². The van der Waals surface area contributed by atoms with Gasteiger partial charge in [-0.3, -0.25) is 19.4 Å². The molecule has 2 aliphatic rings. The Bertz CT molecular complexity index is 633. The van der Waals surface area contributed by atoms with Gasteiger partial charge in [-0.2, -0.15) is 0 Å². The summed E-state index contributed by atoms with van der Waals surface area (Å²) < 4.78 is 0. The Kier molecular flexibility index (Phi) is 4.63. The van der Waals surface area contributed by atoms with E-state index in [4.69, 9.17) is 0 Å². The largest absolute Gasteiger partial charge is 0.338 e. The first-order valence-electron chi connectivity index (χ1n) is 8.86. The number of likely N-dealkylation sites (N-methyl/N-ethyl adjacent to an activating group) is 1. The van der Waals surface area contributed by atoms with E-state index in [0.717, 1.165) is 30.9 Å². The quantitative estimate of drug-likeness (QED) is 0.832. The number of hydrogen-bond acceptors (Lipinski definition) is 3. The Labute approximate surface area is 144 Å². The van der Waals surface area contributed by atoms with Crippen LogP contribution in [0.1, 0.15) is 33.3 Å². The topological polar surface area (TPSA) is 43.9 Å². The smallest absolute Gasteiger partial charge is 0.246 e. The van der Waals surface area contributed by atoms with Crippen molar-refractivity contribution in [3.05, 3.63) is 29.8 Å². The second-order valence-electron chi connectivity index (χ2n) is 7.01. The minimum atomic E-state index is -0.396. The summed E-state index contributed by atoms with van der Waals surface area (Å²) in [4.78, 5) is 31.4. The zero-order valence-corrected chi connectivity index (χ0v) is 15.0. The lowest BCUT2D eigenvalue weighted by atomic mass is 10.0. The zero-order valence-electron chi connectivity index (χ0n) is 15.0. The van der Waals surface area contributed by atoms with Crippen LogP contribution in [0.3, 0.4) is 0 Å². The molecule has 0 saturated carbocycles. The van der Waals surface area contributed by atoms with Crippen LogP contribution in [-0.4, -0.2) is 59.4 Å². The summed E-state index contributed by atoms with van der Waals surface area (Å²) in [7, 11) is 0. The van der Waals surface area contributed by atoms with E-state index in [1.165, 1.54) is 0 Å². The fraction of sp³-hybridized carbons (Fsp3) is 0.579. The predicted octanol–water partition coefficient (Wildman–Crippen LogP) is 1.91. The predicted molar refractivity (Wildman–Crippen MR) is 95.0 cm³/mol. The summed E-state index contributed by atoms with van der Waals surface area (Å²) in [6, 6.07) is 8.13. The Morgan fingerprint density at radius 3 is 2.33 bits per heavy atom. The highest BCUT2D eigenvalue weighted by atomic mass is 16.2. The van der Waals surface area contributed by atoms with Crippen molar-refractivity contribution < 1.29 is 9.59 Å². The number of amides is 2. The molecule has 0 unspecified atom stereocenters. The van der Waals surface area contributed by atoms with Gasteiger partial charge in [0.25, 0.3) is 0 Å². The molecule has 1 aromatic carbocycles. The lowest BCUT2D eigenvalue weighted by molar-refractivity contribution is -0.138. The number of rotatable bonds is 2. The third-order valence-corrected chi connectivity index (χ3v) is 5.38. The molecule has 3 rings (SSSR count). The Morgan fingerprint density at radius 2 is 1.75 bits per heavy atom. The summed E-state index contributed by atoms with van der Waals surface area (Å²) in [5.74, 6) is 0.0162. The van der Waals surface area contributed by atoms with Gasteiger partial charge < -0.3 is 4.90 Å². The van der Waals surface area contributed by atoms with E-state index in [0.29, 0.717) is 18.5 Å².